The molecule has 28 nitrogen and oxygen atoms in total. The third-order valence-corrected chi connectivity index (χ3v) is 25.9. The van der Waals surface area contributed by atoms with Crippen molar-refractivity contribution in [3.8, 4) is 68.5 Å². The van der Waals surface area contributed by atoms with Gasteiger partial charge in [0, 0.05) is 119 Å². The molecule has 0 spiro atoms. The molecule has 0 saturated heterocycles. The maximum Gasteiger partial charge on any atom is 0.343 e. The molecule has 30 heteroatoms. The Morgan fingerprint density at radius 2 is 0.904 bits per heavy atom. The monoisotopic (exact) mass is 1700 g/mol. The number of aliphatic hydroxyl groups is 4. The first-order valence-electron chi connectivity index (χ1n) is 40.7. The van der Waals surface area contributed by atoms with Crippen LogP contribution in [0.25, 0.3) is 89.2 Å². The Labute approximate surface area is 713 Å². The molecule has 4 aromatic carbocycles. The molecule has 0 bridgehead atoms. The number of esters is 1. The molecule has 12 aromatic rings. The first-order chi connectivity index (χ1) is 58.4. The van der Waals surface area contributed by atoms with Crippen LogP contribution in [0.3, 0.4) is 0 Å². The predicted octanol–water partition coefficient (Wildman–Crippen LogP) is 12.6. The Morgan fingerprint density at radius 3 is 1.46 bits per heavy atom. The number of nitrogens with zero attached hydrogens (tertiary/aromatic N) is 9. The zero-order valence-electron chi connectivity index (χ0n) is 67.3. The third kappa shape index (κ3) is 12.8. The van der Waals surface area contributed by atoms with Gasteiger partial charge < -0.3 is 72.0 Å². The molecule has 8 aliphatic heterocycles. The SMILES string of the molecule is C.C.C.CC[C@@]1(O)C(=O)COCc2c1cc1n(c2=O)Cc2cc3cc(F)c(F)cc3nc2-1.CC[C@@]1(O)C(=O)Cc2c1cc1n(c2=O)Cc2c-1nc1cc3c(cc1c2C1CCC1)OCO3.CC[C@@]1(O)C(=O)Cc2c1cc1n(c2=O)Cc2cc3cc4c(cc3nc2-1)OCO4.CC[C@@]1(O)C(=O)OCc2c1cc1n(c2=O)Cc2c-1nc1ccccc1c2/C=N/OC(C)(C)C. The second-order valence-electron chi connectivity index (χ2n) is 33.7. The number of cyclic esters (lactones) is 1. The average molecular weight is 1700 g/mol. The largest absolute Gasteiger partial charge is 0.458 e. The molecule has 0 amide bonds. The predicted molar refractivity (Wildman–Crippen MR) is 458 cm³/mol. The van der Waals surface area contributed by atoms with Crippen LogP contribution in [-0.4, -0.2) is 114 Å². The fourth-order valence-corrected chi connectivity index (χ4v) is 19.0. The number of hydrogen-bond acceptors (Lipinski definition) is 24. The van der Waals surface area contributed by atoms with Gasteiger partial charge in [0.15, 0.2) is 63.2 Å². The number of ketones is 3. The van der Waals surface area contributed by atoms with Crippen molar-refractivity contribution < 1.29 is 81.6 Å². The molecule has 1 fully saturated rings. The maximum atomic E-state index is 13.7. The first-order valence-corrected chi connectivity index (χ1v) is 40.7. The quantitative estimate of drug-likeness (QED) is 0.0654. The standard InChI is InChI=1S/C25H25N3O5.C25H22N2O5.C21H16F2N2O4.C21H16N2O5.3CH4/c1-5-25(31)18-10-20-21-16(12-28(20)22(29)17(18)13-32-23(25)30)15(11-26-33-24(2,3)4)14-8-6-7-9-19(14)27-21;1-2-25(30)16-8-18-23-15(10-27(18)24(29)13(16)7-21(25)28)22(12-4-3-5-12)14-6-19-20(32-11-31-19)9-17(14)26-23;1-2-21(28)13-5-17-19-11(3-10-4-14(22)15(23)6-16(10)24-19)7-25(17)20(27)12(13)8-29-9-18(21)26;1-2-21(26)13-6-15-19-11(8-23(15)20(25)12(13)5-18(21)24)3-10-4-16-17(28-9-27-16)7-14(10)22-19;;;/h6-11,31H,5,12-13H2,1-4H3;6,8-9,12,30H,2-5,7,10-11H2,1H3;3-6,28H,2,7-9H2,1H3;3-4,6-7,26H,2,5,8-9H2,1H3;3*1H4/b26-11+;;;;;;/t2*25-;2*21-;;;/m0000.../s1. The fourth-order valence-electron chi connectivity index (χ4n) is 19.0. The summed E-state index contributed by atoms with van der Waals surface area (Å²) >= 11 is 0. The smallest absolute Gasteiger partial charge is 0.343 e. The van der Waals surface area contributed by atoms with E-state index in [-0.39, 0.29) is 151 Å². The lowest BCUT2D eigenvalue weighted by Gasteiger charge is -2.31. The van der Waals surface area contributed by atoms with Crippen LogP contribution in [0, 0.1) is 11.6 Å². The Bertz CT molecular complexity index is 7080. The lowest BCUT2D eigenvalue weighted by molar-refractivity contribution is -0.172. The van der Waals surface area contributed by atoms with Crippen LogP contribution in [0.15, 0.2) is 121 Å². The van der Waals surface area contributed by atoms with Gasteiger partial charge in [-0.25, -0.2) is 33.5 Å². The molecule has 3 aliphatic carbocycles. The molecule has 23 rings (SSSR count). The Kier molecular flexibility index (Phi) is 20.4. The molecule has 4 atom stereocenters. The van der Waals surface area contributed by atoms with Gasteiger partial charge in [0.05, 0.1) is 112 Å². The molecule has 8 aromatic heterocycles. The number of ether oxygens (including phenoxy) is 6. The highest BCUT2D eigenvalue weighted by atomic mass is 19.2. The average Bonchev–Trinajstić information content (AvgIpc) is 1.59. The van der Waals surface area contributed by atoms with Crippen molar-refractivity contribution in [2.24, 2.45) is 5.16 Å². The van der Waals surface area contributed by atoms with Crippen molar-refractivity contribution in [3.05, 3.63) is 228 Å². The van der Waals surface area contributed by atoms with Crippen molar-refractivity contribution >= 4 is 73.1 Å². The van der Waals surface area contributed by atoms with Gasteiger partial charge in [-0.1, -0.05) is 79.8 Å². The van der Waals surface area contributed by atoms with E-state index in [4.69, 9.17) is 48.2 Å². The van der Waals surface area contributed by atoms with Crippen LogP contribution in [0.4, 0.5) is 8.78 Å². The molecule has 16 heterocycles. The zero-order chi connectivity index (χ0) is 85.0. The van der Waals surface area contributed by atoms with Gasteiger partial charge in [0.2, 0.25) is 13.6 Å². The number of hydrogen-bond donors (Lipinski definition) is 4. The topological polar surface area (TPSA) is 366 Å². The summed E-state index contributed by atoms with van der Waals surface area (Å²) in [7, 11) is 0. The first kappa shape index (κ1) is 84.3. The van der Waals surface area contributed by atoms with Crippen LogP contribution < -0.4 is 41.2 Å². The third-order valence-electron chi connectivity index (χ3n) is 25.9. The lowest BCUT2D eigenvalue weighted by Crippen LogP contribution is -2.44. The molecule has 644 valence electrons. The van der Waals surface area contributed by atoms with Gasteiger partial charge in [0.1, 0.15) is 30.0 Å². The van der Waals surface area contributed by atoms with Crippen molar-refractivity contribution in [2.45, 2.75) is 202 Å². The minimum atomic E-state index is -1.85. The second kappa shape index (κ2) is 30.2. The van der Waals surface area contributed by atoms with Crippen molar-refractivity contribution in [2.75, 3.05) is 20.2 Å². The highest BCUT2D eigenvalue weighted by molar-refractivity contribution is 6.03. The summed E-state index contributed by atoms with van der Waals surface area (Å²) in [6.45, 7) is 13.8. The Balaban J connectivity index is 0.000000117. The molecule has 1 saturated carbocycles. The number of carbonyl (C=O) groups excluding carboxylic acids is 4. The minimum absolute atomic E-state index is 0. The number of para-hydroxylation sites is 1. The molecule has 0 unspecified atom stereocenters. The lowest BCUT2D eigenvalue weighted by atomic mass is 9.76. The fraction of sp³-hybridized carbons (Fsp3) is 0.358. The number of oxime groups is 1. The van der Waals surface area contributed by atoms with Gasteiger partial charge in [-0.05, 0) is 131 Å². The van der Waals surface area contributed by atoms with E-state index in [2.05, 4.69) is 10.1 Å². The molecular formula is C95H91F2N9O19. The summed E-state index contributed by atoms with van der Waals surface area (Å²) in [6.07, 6.45) is 5.74. The molecule has 11 aliphatic rings. The summed E-state index contributed by atoms with van der Waals surface area (Å²) < 4.78 is 66.3. The maximum absolute atomic E-state index is 13.7. The van der Waals surface area contributed by atoms with Crippen molar-refractivity contribution in [1.29, 1.82) is 0 Å². The Morgan fingerprint density at radius 1 is 0.464 bits per heavy atom. The van der Waals surface area contributed by atoms with Gasteiger partial charge in [-0.3, -0.25) is 33.6 Å². The summed E-state index contributed by atoms with van der Waals surface area (Å²) in [5.74, 6) is -0.658. The molecular weight excluding hydrogens is 1610 g/mol. The number of carbonyl (C=O) groups is 4. The highest BCUT2D eigenvalue weighted by Gasteiger charge is 2.50. The van der Waals surface area contributed by atoms with E-state index in [0.717, 1.165) is 91.4 Å². The number of aromatic nitrogens is 8. The molecule has 125 heavy (non-hydrogen) atoms. The normalized spacial score (nSPS) is 20.4. The van der Waals surface area contributed by atoms with Crippen LogP contribution in [0.2, 0.25) is 0 Å². The van der Waals surface area contributed by atoms with Gasteiger partial charge >= 0.3 is 5.97 Å². The van der Waals surface area contributed by atoms with Gasteiger partial charge in [0.25, 0.3) is 22.2 Å². The van der Waals surface area contributed by atoms with E-state index in [1.165, 1.54) is 16.6 Å². The second-order valence-corrected chi connectivity index (χ2v) is 33.7. The van der Waals surface area contributed by atoms with Crippen LogP contribution in [0.1, 0.15) is 199 Å². The minimum Gasteiger partial charge on any atom is -0.458 e. The summed E-state index contributed by atoms with van der Waals surface area (Å²) in [4.78, 5) is 127. The summed E-state index contributed by atoms with van der Waals surface area (Å²) in [5.41, 5.74) is 7.37. The molecule has 4 N–H and O–H groups in total. The number of fused-ring (bicyclic) bond motifs is 22. The number of benzene rings is 4. The number of rotatable bonds is 7. The number of pyridine rings is 8. The van der Waals surface area contributed by atoms with Gasteiger partial charge in [-0.15, -0.1) is 0 Å². The summed E-state index contributed by atoms with van der Waals surface area (Å²) in [6, 6.07) is 28.0. The zero-order valence-corrected chi connectivity index (χ0v) is 67.3. The van der Waals surface area contributed by atoms with E-state index >= 15 is 0 Å². The highest BCUT2D eigenvalue weighted by Crippen LogP contribution is 2.51. The van der Waals surface area contributed by atoms with E-state index in [1.807, 2.05) is 81.4 Å². The van der Waals surface area contributed by atoms with Crippen LogP contribution >= 0.6 is 0 Å². The number of Topliss-reactive ketones (excluding diaryl/α,β-unsaturated/α-hetero) is 3. The van der Waals surface area contributed by atoms with E-state index in [0.29, 0.717) is 127 Å². The van der Waals surface area contributed by atoms with Crippen molar-refractivity contribution in [3.63, 3.8) is 0 Å². The number of halogens is 2. The van der Waals surface area contributed by atoms with Crippen molar-refractivity contribution in [1.82, 2.24) is 38.2 Å². The van der Waals surface area contributed by atoms with Gasteiger partial charge in [-0.2, -0.15) is 0 Å². The van der Waals surface area contributed by atoms with E-state index in [1.54, 1.807) is 71.9 Å². The molecule has 0 radical (unpaired) electrons. The van der Waals surface area contributed by atoms with Crippen LogP contribution in [0.5, 0.6) is 23.0 Å². The van der Waals surface area contributed by atoms with E-state index < -0.39 is 51.4 Å². The summed E-state index contributed by atoms with van der Waals surface area (Å²) in [5, 5.41) is 51.5. The Hall–Kier alpha value is -12.9. The van der Waals surface area contributed by atoms with E-state index in [9.17, 15) is 67.6 Å². The van der Waals surface area contributed by atoms with Crippen LogP contribution in [-0.2, 0) is 108 Å².